The van der Waals surface area contributed by atoms with E-state index < -0.39 is 5.97 Å². The van der Waals surface area contributed by atoms with E-state index in [2.05, 4.69) is 4.98 Å². The van der Waals surface area contributed by atoms with E-state index in [-0.39, 0.29) is 12.3 Å². The van der Waals surface area contributed by atoms with Crippen molar-refractivity contribution < 1.29 is 9.90 Å². The SMILES string of the molecule is Cc1ccccc1C(CC(=O)O)Cc1ccncc1. The van der Waals surface area contributed by atoms with Crippen LogP contribution in [-0.2, 0) is 11.2 Å². The van der Waals surface area contributed by atoms with Crippen LogP contribution >= 0.6 is 0 Å². The predicted molar refractivity (Wildman–Crippen MR) is 74.1 cm³/mol. The van der Waals surface area contributed by atoms with Crippen molar-refractivity contribution >= 4 is 5.97 Å². The van der Waals surface area contributed by atoms with Crippen molar-refractivity contribution in [3.63, 3.8) is 0 Å². The molecule has 1 atom stereocenters. The summed E-state index contributed by atoms with van der Waals surface area (Å²) in [5, 5.41) is 9.10. The normalized spacial score (nSPS) is 12.1. The molecule has 0 fully saturated rings. The van der Waals surface area contributed by atoms with Gasteiger partial charge < -0.3 is 5.11 Å². The van der Waals surface area contributed by atoms with Gasteiger partial charge in [0, 0.05) is 12.4 Å². The lowest BCUT2D eigenvalue weighted by Crippen LogP contribution is -2.10. The zero-order valence-electron chi connectivity index (χ0n) is 10.9. The van der Waals surface area contributed by atoms with Crippen molar-refractivity contribution in [1.82, 2.24) is 4.98 Å². The van der Waals surface area contributed by atoms with Crippen LogP contribution in [0.4, 0.5) is 0 Å². The Bertz CT molecular complexity index is 552. The molecule has 3 nitrogen and oxygen atoms in total. The van der Waals surface area contributed by atoms with Gasteiger partial charge in [-0.3, -0.25) is 9.78 Å². The van der Waals surface area contributed by atoms with E-state index in [0.29, 0.717) is 0 Å². The highest BCUT2D eigenvalue weighted by Gasteiger charge is 2.17. The third-order valence-corrected chi connectivity index (χ3v) is 3.28. The minimum absolute atomic E-state index is 0.00102. The highest BCUT2D eigenvalue weighted by molar-refractivity contribution is 5.68. The molecule has 2 aromatic rings. The molecule has 1 heterocycles. The molecule has 0 spiro atoms. The van der Waals surface area contributed by atoms with Crippen LogP contribution in [0.15, 0.2) is 48.8 Å². The summed E-state index contributed by atoms with van der Waals surface area (Å²) >= 11 is 0. The van der Waals surface area contributed by atoms with Gasteiger partial charge in [0.1, 0.15) is 0 Å². The van der Waals surface area contributed by atoms with Crippen LogP contribution in [0.2, 0.25) is 0 Å². The molecule has 0 saturated carbocycles. The predicted octanol–water partition coefficient (Wildman–Crippen LogP) is 3.19. The summed E-state index contributed by atoms with van der Waals surface area (Å²) in [5.41, 5.74) is 3.37. The van der Waals surface area contributed by atoms with Crippen LogP contribution in [0, 0.1) is 6.92 Å². The highest BCUT2D eigenvalue weighted by atomic mass is 16.4. The van der Waals surface area contributed by atoms with Gasteiger partial charge in [0.05, 0.1) is 6.42 Å². The Labute approximate surface area is 112 Å². The van der Waals surface area contributed by atoms with E-state index in [4.69, 9.17) is 5.11 Å². The molecule has 0 bridgehead atoms. The van der Waals surface area contributed by atoms with E-state index in [1.165, 1.54) is 0 Å². The lowest BCUT2D eigenvalue weighted by Gasteiger charge is -2.17. The number of aromatic nitrogens is 1. The van der Waals surface area contributed by atoms with Gasteiger partial charge in [-0.05, 0) is 48.1 Å². The molecule has 1 aromatic carbocycles. The van der Waals surface area contributed by atoms with Gasteiger partial charge in [0.15, 0.2) is 0 Å². The van der Waals surface area contributed by atoms with E-state index in [1.54, 1.807) is 12.4 Å². The van der Waals surface area contributed by atoms with Gasteiger partial charge >= 0.3 is 5.97 Å². The Kier molecular flexibility index (Phi) is 4.29. The Balaban J connectivity index is 2.26. The first-order valence-corrected chi connectivity index (χ1v) is 6.33. The topological polar surface area (TPSA) is 50.2 Å². The van der Waals surface area contributed by atoms with Crippen LogP contribution in [0.5, 0.6) is 0 Å². The van der Waals surface area contributed by atoms with E-state index in [0.717, 1.165) is 23.1 Å². The van der Waals surface area contributed by atoms with Gasteiger partial charge in [-0.15, -0.1) is 0 Å². The number of aryl methyl sites for hydroxylation is 1. The summed E-state index contributed by atoms with van der Waals surface area (Å²) in [6.45, 7) is 2.02. The standard InChI is InChI=1S/C16H17NO2/c1-12-4-2-3-5-15(12)14(11-16(18)19)10-13-6-8-17-9-7-13/h2-9,14H,10-11H2,1H3,(H,18,19). The van der Waals surface area contributed by atoms with Crippen molar-refractivity contribution in [3.8, 4) is 0 Å². The van der Waals surface area contributed by atoms with Gasteiger partial charge in [-0.25, -0.2) is 0 Å². The molecule has 0 amide bonds. The van der Waals surface area contributed by atoms with Crippen LogP contribution in [0.3, 0.4) is 0 Å². The average molecular weight is 255 g/mol. The molecule has 1 N–H and O–H groups in total. The second-order valence-electron chi connectivity index (χ2n) is 4.71. The van der Waals surface area contributed by atoms with Gasteiger partial charge in [0.2, 0.25) is 0 Å². The second-order valence-corrected chi connectivity index (χ2v) is 4.71. The minimum Gasteiger partial charge on any atom is -0.481 e. The minimum atomic E-state index is -0.762. The van der Waals surface area contributed by atoms with Gasteiger partial charge in [0.25, 0.3) is 0 Å². The Morgan fingerprint density at radius 1 is 1.21 bits per heavy atom. The van der Waals surface area contributed by atoms with E-state index >= 15 is 0 Å². The Hall–Kier alpha value is -2.16. The summed E-state index contributed by atoms with van der Waals surface area (Å²) in [7, 11) is 0. The second kappa shape index (κ2) is 6.14. The number of rotatable bonds is 5. The maximum Gasteiger partial charge on any atom is 0.303 e. The van der Waals surface area contributed by atoms with E-state index in [1.807, 2.05) is 43.3 Å². The highest BCUT2D eigenvalue weighted by Crippen LogP contribution is 2.26. The molecule has 0 aliphatic rings. The number of carboxylic acids is 1. The first-order valence-electron chi connectivity index (χ1n) is 6.33. The number of hydrogen-bond donors (Lipinski definition) is 1. The fourth-order valence-electron chi connectivity index (χ4n) is 2.35. The monoisotopic (exact) mass is 255 g/mol. The van der Waals surface area contributed by atoms with Gasteiger partial charge in [-0.1, -0.05) is 24.3 Å². The third kappa shape index (κ3) is 3.65. The van der Waals surface area contributed by atoms with Crippen molar-refractivity contribution in [2.45, 2.75) is 25.7 Å². The smallest absolute Gasteiger partial charge is 0.303 e. The molecule has 2 rings (SSSR count). The summed E-state index contributed by atoms with van der Waals surface area (Å²) in [5.74, 6) is -0.761. The maximum atomic E-state index is 11.1. The molecule has 0 saturated heterocycles. The molecule has 3 heteroatoms. The summed E-state index contributed by atoms with van der Waals surface area (Å²) < 4.78 is 0. The molecule has 0 aliphatic heterocycles. The molecule has 19 heavy (non-hydrogen) atoms. The summed E-state index contributed by atoms with van der Waals surface area (Å²) in [6, 6.07) is 11.9. The van der Waals surface area contributed by atoms with Crippen molar-refractivity contribution in [3.05, 3.63) is 65.5 Å². The number of pyridine rings is 1. The van der Waals surface area contributed by atoms with Crippen LogP contribution in [0.1, 0.15) is 29.0 Å². The van der Waals surface area contributed by atoms with E-state index in [9.17, 15) is 4.79 Å². The third-order valence-electron chi connectivity index (χ3n) is 3.28. The first-order chi connectivity index (χ1) is 9.16. The summed E-state index contributed by atoms with van der Waals surface area (Å²) in [4.78, 5) is 15.1. The van der Waals surface area contributed by atoms with Gasteiger partial charge in [-0.2, -0.15) is 0 Å². The van der Waals surface area contributed by atoms with Crippen LogP contribution in [0.25, 0.3) is 0 Å². The lowest BCUT2D eigenvalue weighted by atomic mass is 9.87. The first kappa shape index (κ1) is 13.3. The Morgan fingerprint density at radius 2 is 1.89 bits per heavy atom. The number of aliphatic carboxylic acids is 1. The maximum absolute atomic E-state index is 11.1. The molecule has 98 valence electrons. The van der Waals surface area contributed by atoms with Crippen molar-refractivity contribution in [2.24, 2.45) is 0 Å². The van der Waals surface area contributed by atoms with Crippen LogP contribution in [-0.4, -0.2) is 16.1 Å². The molecular formula is C16H17NO2. The number of carboxylic acid groups (broad SMARTS) is 1. The number of nitrogens with zero attached hydrogens (tertiary/aromatic N) is 1. The molecule has 1 aromatic heterocycles. The average Bonchev–Trinajstić information content (AvgIpc) is 2.39. The number of hydrogen-bond acceptors (Lipinski definition) is 2. The number of benzene rings is 1. The molecular weight excluding hydrogens is 238 g/mol. The fraction of sp³-hybridized carbons (Fsp3) is 0.250. The lowest BCUT2D eigenvalue weighted by molar-refractivity contribution is -0.137. The van der Waals surface area contributed by atoms with Crippen LogP contribution < -0.4 is 0 Å². The zero-order chi connectivity index (χ0) is 13.7. The largest absolute Gasteiger partial charge is 0.481 e. The fourth-order valence-corrected chi connectivity index (χ4v) is 2.35. The molecule has 0 aliphatic carbocycles. The zero-order valence-corrected chi connectivity index (χ0v) is 10.9. The van der Waals surface area contributed by atoms with Crippen molar-refractivity contribution in [2.75, 3.05) is 0 Å². The number of carbonyl (C=O) groups is 1. The molecule has 0 radical (unpaired) electrons. The van der Waals surface area contributed by atoms with Crippen molar-refractivity contribution in [1.29, 1.82) is 0 Å². The quantitative estimate of drug-likeness (QED) is 0.892. The summed E-state index contributed by atoms with van der Waals surface area (Å²) in [6.07, 6.45) is 4.35. The molecule has 1 unspecified atom stereocenters. The Morgan fingerprint density at radius 3 is 2.53 bits per heavy atom.